The van der Waals surface area contributed by atoms with Gasteiger partial charge in [0.15, 0.2) is 0 Å². The van der Waals surface area contributed by atoms with Crippen LogP contribution in [0.1, 0.15) is 44.5 Å². The first-order valence-corrected chi connectivity index (χ1v) is 25.7. The number of carbonyl (C=O) groups is 4. The highest BCUT2D eigenvalue weighted by atomic mass is 17.2. The molecule has 0 heterocycles. The van der Waals surface area contributed by atoms with Crippen molar-refractivity contribution in [3.8, 4) is 24.3 Å². The summed E-state index contributed by atoms with van der Waals surface area (Å²) in [5, 5.41) is 42.7. The lowest BCUT2D eigenvalue weighted by molar-refractivity contribution is -0.317. The molecule has 0 amide bonds. The SMILES string of the molecule is N#CC(C(=O)OCC(COOC(=O)C(C#N)=C(c1ccccc1)c1ccccc1)(COOC(=O)C(C#N)=C(c1ccccc1)c1ccccc1)COC(=O)C(C#N)=C(c1ccccc1)c1ccccc1)=C(c1ccccc1)c1ccccc1. The molecule has 0 aliphatic rings. The lowest BCUT2D eigenvalue weighted by atomic mass is 9.91. The Kier molecular flexibility index (Phi) is 20.1. The van der Waals surface area contributed by atoms with Crippen LogP contribution >= 0.6 is 0 Å². The fourth-order valence-electron chi connectivity index (χ4n) is 8.81. The van der Waals surface area contributed by atoms with E-state index in [2.05, 4.69) is 0 Å². The second kappa shape index (κ2) is 28.9. The topological polar surface area (TPSA) is 219 Å². The van der Waals surface area contributed by atoms with E-state index in [4.69, 9.17) is 29.0 Å². The van der Waals surface area contributed by atoms with E-state index in [1.807, 2.05) is 24.3 Å². The molecule has 0 aromatic heterocycles. The van der Waals surface area contributed by atoms with Gasteiger partial charge in [0.2, 0.25) is 0 Å². The Hall–Kier alpha value is -11.5. The summed E-state index contributed by atoms with van der Waals surface area (Å²) in [4.78, 5) is 79.9. The molecule has 8 aromatic carbocycles. The van der Waals surface area contributed by atoms with Gasteiger partial charge in [0.05, 0.1) is 5.41 Å². The summed E-state index contributed by atoms with van der Waals surface area (Å²) in [6, 6.07) is 76.8. The molecule has 8 aromatic rings. The fourth-order valence-corrected chi connectivity index (χ4v) is 8.81. The number of nitrogens with zero attached hydrogens (tertiary/aromatic N) is 4. The lowest BCUT2D eigenvalue weighted by Crippen LogP contribution is -2.43. The Morgan fingerprint density at radius 2 is 0.458 bits per heavy atom. The van der Waals surface area contributed by atoms with Crippen LogP contribution in [0.3, 0.4) is 0 Å². The maximum absolute atomic E-state index is 14.6. The molecule has 404 valence electrons. The summed E-state index contributed by atoms with van der Waals surface area (Å²) < 4.78 is 12.0. The predicted octanol–water partition coefficient (Wildman–Crippen LogP) is 12.1. The first kappa shape index (κ1) is 57.6. The minimum Gasteiger partial charge on any atom is -0.461 e. The number of carbonyl (C=O) groups excluding carboxylic acids is 4. The van der Waals surface area contributed by atoms with E-state index in [-0.39, 0.29) is 22.3 Å². The van der Waals surface area contributed by atoms with Crippen LogP contribution in [0.2, 0.25) is 0 Å². The van der Waals surface area contributed by atoms with Crippen LogP contribution in [0.25, 0.3) is 22.3 Å². The molecule has 0 saturated carbocycles. The van der Waals surface area contributed by atoms with Gasteiger partial charge in [0, 0.05) is 22.3 Å². The van der Waals surface area contributed by atoms with E-state index in [1.165, 1.54) is 0 Å². The van der Waals surface area contributed by atoms with Gasteiger partial charge in [-0.15, -0.1) is 0 Å². The first-order valence-electron chi connectivity index (χ1n) is 25.7. The van der Waals surface area contributed by atoms with Crippen molar-refractivity contribution in [1.29, 1.82) is 21.0 Å². The highest BCUT2D eigenvalue weighted by Crippen LogP contribution is 2.33. The number of rotatable bonds is 22. The maximum atomic E-state index is 14.6. The van der Waals surface area contributed by atoms with Crippen LogP contribution in [0.4, 0.5) is 0 Å². The molecule has 14 nitrogen and oxygen atoms in total. The molecule has 14 heteroatoms. The number of benzene rings is 8. The largest absolute Gasteiger partial charge is 0.461 e. The van der Waals surface area contributed by atoms with Crippen molar-refractivity contribution in [3.63, 3.8) is 0 Å². The van der Waals surface area contributed by atoms with Crippen molar-refractivity contribution >= 4 is 46.2 Å². The quantitative estimate of drug-likeness (QED) is 0.0203. The molecule has 83 heavy (non-hydrogen) atoms. The molecular weight excluding hydrogens is 1040 g/mol. The van der Waals surface area contributed by atoms with E-state index in [0.717, 1.165) is 0 Å². The number of hydrogen-bond acceptors (Lipinski definition) is 14. The van der Waals surface area contributed by atoms with Crippen LogP contribution in [0, 0.1) is 50.7 Å². The van der Waals surface area contributed by atoms with E-state index in [9.17, 15) is 40.2 Å². The van der Waals surface area contributed by atoms with Crippen molar-refractivity contribution in [1.82, 2.24) is 0 Å². The molecule has 0 bridgehead atoms. The molecule has 0 spiro atoms. The number of hydrogen-bond donors (Lipinski definition) is 0. The lowest BCUT2D eigenvalue weighted by Gasteiger charge is -2.30. The van der Waals surface area contributed by atoms with Gasteiger partial charge in [-0.1, -0.05) is 243 Å². The normalized spacial score (nSPS) is 10.4. The number of ether oxygens (including phenoxy) is 2. The van der Waals surface area contributed by atoms with Gasteiger partial charge >= 0.3 is 23.9 Å². The predicted molar refractivity (Wildman–Crippen MR) is 307 cm³/mol. The Balaban J connectivity index is 1.22. The van der Waals surface area contributed by atoms with Crippen LogP contribution in [-0.4, -0.2) is 50.3 Å². The van der Waals surface area contributed by atoms with Crippen molar-refractivity contribution in [3.05, 3.63) is 309 Å². The van der Waals surface area contributed by atoms with Crippen molar-refractivity contribution in [2.45, 2.75) is 0 Å². The summed E-state index contributed by atoms with van der Waals surface area (Å²) in [6.45, 7) is -3.67. The van der Waals surface area contributed by atoms with Gasteiger partial charge in [-0.05, 0) is 44.5 Å². The van der Waals surface area contributed by atoms with Gasteiger partial charge in [-0.2, -0.15) is 30.8 Å². The zero-order chi connectivity index (χ0) is 58.2. The van der Waals surface area contributed by atoms with E-state index in [0.29, 0.717) is 44.5 Å². The molecule has 8 rings (SSSR count). The molecular formula is C69H48N4O10. The van der Waals surface area contributed by atoms with Gasteiger partial charge < -0.3 is 9.47 Å². The van der Waals surface area contributed by atoms with Gasteiger partial charge in [-0.3, -0.25) is 9.78 Å². The maximum Gasteiger partial charge on any atom is 0.384 e. The highest BCUT2D eigenvalue weighted by molar-refractivity contribution is 6.08. The second-order valence-corrected chi connectivity index (χ2v) is 18.3. The third kappa shape index (κ3) is 14.6. The number of nitriles is 4. The van der Waals surface area contributed by atoms with E-state index < -0.39 is 78.0 Å². The monoisotopic (exact) mass is 1090 g/mol. The van der Waals surface area contributed by atoms with Crippen LogP contribution in [0.15, 0.2) is 265 Å². The van der Waals surface area contributed by atoms with Crippen molar-refractivity contribution in [2.75, 3.05) is 26.4 Å². The van der Waals surface area contributed by atoms with Gasteiger partial charge in [-0.25, -0.2) is 19.2 Å². The molecule has 0 aliphatic carbocycles. The summed E-state index contributed by atoms with van der Waals surface area (Å²) >= 11 is 0. The van der Waals surface area contributed by atoms with Crippen molar-refractivity contribution < 1.29 is 48.2 Å². The average Bonchev–Trinajstić information content (AvgIpc) is 3.74. The molecule has 0 radical (unpaired) electrons. The van der Waals surface area contributed by atoms with Gasteiger partial charge in [0.1, 0.15) is 73.0 Å². The molecule has 0 aliphatic heterocycles. The fraction of sp³-hybridized carbons (Fsp3) is 0.0725. The van der Waals surface area contributed by atoms with Crippen molar-refractivity contribution in [2.24, 2.45) is 5.41 Å². The first-order chi connectivity index (χ1) is 40.7. The summed E-state index contributed by atoms with van der Waals surface area (Å²) in [5.74, 6) is -4.89. The van der Waals surface area contributed by atoms with Crippen LogP contribution < -0.4 is 0 Å². The van der Waals surface area contributed by atoms with E-state index >= 15 is 0 Å². The molecule has 0 atom stereocenters. The Morgan fingerprint density at radius 1 is 0.277 bits per heavy atom. The average molecular weight is 1090 g/mol. The summed E-state index contributed by atoms with van der Waals surface area (Å²) in [7, 11) is 0. The zero-order valence-electron chi connectivity index (χ0n) is 44.3. The van der Waals surface area contributed by atoms with Gasteiger partial charge in [0.25, 0.3) is 0 Å². The zero-order valence-corrected chi connectivity index (χ0v) is 44.3. The Bertz CT molecular complexity index is 3460. The Morgan fingerprint density at radius 3 is 0.639 bits per heavy atom. The molecule has 0 saturated heterocycles. The van der Waals surface area contributed by atoms with Crippen LogP contribution in [0.5, 0.6) is 0 Å². The minimum atomic E-state index is -2.12. The smallest absolute Gasteiger partial charge is 0.384 e. The Labute approximate surface area is 478 Å². The summed E-state index contributed by atoms with van der Waals surface area (Å²) in [6.07, 6.45) is 0. The second-order valence-electron chi connectivity index (χ2n) is 18.3. The molecule has 0 unspecified atom stereocenters. The van der Waals surface area contributed by atoms with E-state index in [1.54, 1.807) is 243 Å². The number of esters is 2. The highest BCUT2D eigenvalue weighted by Gasteiger charge is 2.40. The molecule has 0 fully saturated rings. The standard InChI is InChI=1S/C69H48N4O10/c70-41-57(61(49-25-9-1-10-26-49)50-27-11-2-12-28-50)65(74)78-45-69(46-79-66(75)58(42-71)62(51-29-13-3-14-30-51)52-31-15-4-16-32-52,47-80-82-67(76)59(43-72)63(53-33-17-5-18-34-53)54-35-19-6-20-36-54)48-81-83-68(77)60(44-73)64(55-37-21-7-22-38-55)56-39-23-8-24-40-56/h1-40H,45-48H2. The minimum absolute atomic E-state index is 0.199. The third-order valence-corrected chi connectivity index (χ3v) is 12.8. The third-order valence-electron chi connectivity index (χ3n) is 12.8. The molecule has 0 N–H and O–H groups in total. The van der Waals surface area contributed by atoms with Crippen LogP contribution in [-0.2, 0) is 48.2 Å². The summed E-state index contributed by atoms with van der Waals surface area (Å²) in [5.41, 5.74) is 0.732.